The molecule has 170 valence electrons. The van der Waals surface area contributed by atoms with Gasteiger partial charge in [-0.05, 0) is 36.4 Å². The molecule has 4 rings (SSSR count). The Morgan fingerprint density at radius 3 is 2.59 bits per heavy atom. The number of rotatable bonds is 8. The number of nitro groups is 1. The Labute approximate surface area is 196 Å². The first-order chi connectivity index (χ1) is 16.5. The molecule has 4 aromatic rings. The second-order valence-electron chi connectivity index (χ2n) is 6.76. The summed E-state index contributed by atoms with van der Waals surface area (Å²) in [6, 6.07) is 19.0. The highest BCUT2D eigenvalue weighted by atomic mass is 32.2. The number of aromatic nitrogens is 1. The van der Waals surface area contributed by atoms with Gasteiger partial charge in [-0.2, -0.15) is 5.10 Å². The molecule has 0 aliphatic carbocycles. The van der Waals surface area contributed by atoms with E-state index in [0.717, 1.165) is 11.8 Å². The van der Waals surface area contributed by atoms with E-state index < -0.39 is 10.9 Å². The number of para-hydroxylation sites is 3. The molecule has 0 saturated heterocycles. The van der Waals surface area contributed by atoms with E-state index in [2.05, 4.69) is 15.5 Å². The van der Waals surface area contributed by atoms with Crippen molar-refractivity contribution in [3.8, 4) is 5.75 Å². The van der Waals surface area contributed by atoms with E-state index in [-0.39, 0.29) is 28.7 Å². The quantitative estimate of drug-likeness (QED) is 0.0998. The Kier molecular flexibility index (Phi) is 6.94. The molecule has 0 spiro atoms. The first kappa shape index (κ1) is 22.7. The number of thioether (sulfide) groups is 1. The average Bonchev–Trinajstić information content (AvgIpc) is 3.27. The normalized spacial score (nSPS) is 10.9. The maximum absolute atomic E-state index is 12.4. The smallest absolute Gasteiger partial charge is 0.343 e. The molecule has 0 aliphatic rings. The van der Waals surface area contributed by atoms with Crippen LogP contribution in [0.2, 0.25) is 0 Å². The largest absolute Gasteiger partial charge is 0.431 e. The summed E-state index contributed by atoms with van der Waals surface area (Å²) < 4.78 is 10.9. The van der Waals surface area contributed by atoms with Crippen molar-refractivity contribution in [2.45, 2.75) is 5.22 Å². The molecule has 34 heavy (non-hydrogen) atoms. The van der Waals surface area contributed by atoms with E-state index in [1.165, 1.54) is 30.5 Å². The minimum absolute atomic E-state index is 0.0426. The Morgan fingerprint density at radius 2 is 1.82 bits per heavy atom. The van der Waals surface area contributed by atoms with Crippen molar-refractivity contribution in [2.24, 2.45) is 5.10 Å². The number of oxazole rings is 1. The van der Waals surface area contributed by atoms with Gasteiger partial charge in [-0.15, -0.1) is 0 Å². The molecule has 10 nitrogen and oxygen atoms in total. The predicted molar refractivity (Wildman–Crippen MR) is 125 cm³/mol. The third-order valence-corrected chi connectivity index (χ3v) is 5.26. The lowest BCUT2D eigenvalue weighted by atomic mass is 10.2. The number of carbonyl (C=O) groups excluding carboxylic acids is 2. The number of nitrogens with one attached hydrogen (secondary N) is 1. The zero-order valence-corrected chi connectivity index (χ0v) is 18.2. The lowest BCUT2D eigenvalue weighted by Crippen LogP contribution is -2.19. The van der Waals surface area contributed by atoms with E-state index in [4.69, 9.17) is 9.15 Å². The lowest BCUT2D eigenvalue weighted by Gasteiger charge is -2.07. The predicted octanol–water partition coefficient (Wildman–Crippen LogP) is 4.20. The molecule has 0 saturated carbocycles. The van der Waals surface area contributed by atoms with Crippen molar-refractivity contribution in [2.75, 3.05) is 5.75 Å². The van der Waals surface area contributed by atoms with Gasteiger partial charge < -0.3 is 9.15 Å². The van der Waals surface area contributed by atoms with Crippen LogP contribution in [-0.2, 0) is 4.79 Å². The average molecular weight is 476 g/mol. The van der Waals surface area contributed by atoms with E-state index in [9.17, 15) is 19.7 Å². The fourth-order valence-corrected chi connectivity index (χ4v) is 3.44. The van der Waals surface area contributed by atoms with Gasteiger partial charge >= 0.3 is 5.97 Å². The summed E-state index contributed by atoms with van der Waals surface area (Å²) in [5, 5.41) is 15.0. The van der Waals surface area contributed by atoms with Crippen LogP contribution in [0.4, 0.5) is 5.69 Å². The van der Waals surface area contributed by atoms with Crippen LogP contribution in [-0.4, -0.2) is 33.8 Å². The molecule has 0 radical (unpaired) electrons. The number of non-ortho nitro benzene ring substituents is 1. The molecule has 0 bridgehead atoms. The molecule has 0 fully saturated rings. The Hall–Kier alpha value is -4.51. The van der Waals surface area contributed by atoms with Crippen molar-refractivity contribution >= 4 is 46.6 Å². The molecule has 0 unspecified atom stereocenters. The van der Waals surface area contributed by atoms with Crippen molar-refractivity contribution in [3.63, 3.8) is 0 Å². The van der Waals surface area contributed by atoms with Crippen LogP contribution < -0.4 is 10.2 Å². The van der Waals surface area contributed by atoms with E-state index >= 15 is 0 Å². The number of fused-ring (bicyclic) bond motifs is 1. The molecule has 11 heteroatoms. The van der Waals surface area contributed by atoms with Crippen LogP contribution in [0.5, 0.6) is 5.75 Å². The molecule has 1 heterocycles. The molecule has 0 atom stereocenters. The summed E-state index contributed by atoms with van der Waals surface area (Å²) >= 11 is 1.14. The summed E-state index contributed by atoms with van der Waals surface area (Å²) in [5.74, 6) is -0.802. The Bertz CT molecular complexity index is 1350. The van der Waals surface area contributed by atoms with Crippen molar-refractivity contribution in [1.29, 1.82) is 0 Å². The maximum atomic E-state index is 12.4. The van der Waals surface area contributed by atoms with Gasteiger partial charge in [0.25, 0.3) is 16.8 Å². The van der Waals surface area contributed by atoms with Gasteiger partial charge in [-0.1, -0.05) is 36.0 Å². The zero-order chi connectivity index (χ0) is 23.9. The zero-order valence-electron chi connectivity index (χ0n) is 17.4. The number of carbonyl (C=O) groups is 2. The first-order valence-electron chi connectivity index (χ1n) is 9.85. The minimum atomic E-state index is -0.686. The van der Waals surface area contributed by atoms with Crippen LogP contribution in [0, 0.1) is 10.1 Å². The van der Waals surface area contributed by atoms with Crippen molar-refractivity contribution < 1.29 is 23.7 Å². The number of esters is 1. The number of amides is 1. The second kappa shape index (κ2) is 10.4. The molecule has 1 N–H and O–H groups in total. The second-order valence-corrected chi connectivity index (χ2v) is 7.69. The molecular formula is C23H16N4O6S. The van der Waals surface area contributed by atoms with Gasteiger partial charge in [0.05, 0.1) is 22.5 Å². The SMILES string of the molecule is O=C(CSc1nc2ccccc2o1)N/N=C\c1ccccc1OC(=O)c1ccc([N+](=O)[O-])cc1. The summed E-state index contributed by atoms with van der Waals surface area (Å²) in [6.07, 6.45) is 1.35. The molecule has 3 aromatic carbocycles. The van der Waals surface area contributed by atoms with Gasteiger partial charge in [0.2, 0.25) is 0 Å². The van der Waals surface area contributed by atoms with Crippen molar-refractivity contribution in [1.82, 2.24) is 10.4 Å². The van der Waals surface area contributed by atoms with Crippen LogP contribution in [0.15, 0.2) is 87.5 Å². The van der Waals surface area contributed by atoms with Crippen molar-refractivity contribution in [3.05, 3.63) is 94.0 Å². The maximum Gasteiger partial charge on any atom is 0.343 e. The van der Waals surface area contributed by atoms with Gasteiger partial charge in [-0.3, -0.25) is 14.9 Å². The van der Waals surface area contributed by atoms with Crippen LogP contribution in [0.25, 0.3) is 11.1 Å². The number of ether oxygens (including phenoxy) is 1. The third kappa shape index (κ3) is 5.64. The monoisotopic (exact) mass is 476 g/mol. The Morgan fingerprint density at radius 1 is 1.09 bits per heavy atom. The fraction of sp³-hybridized carbons (Fsp3) is 0.0435. The molecule has 1 amide bonds. The number of nitrogens with zero attached hydrogens (tertiary/aromatic N) is 3. The van der Waals surface area contributed by atoms with Crippen LogP contribution in [0.1, 0.15) is 15.9 Å². The minimum Gasteiger partial charge on any atom is -0.431 e. The Balaban J connectivity index is 1.33. The fourth-order valence-electron chi connectivity index (χ4n) is 2.80. The summed E-state index contributed by atoms with van der Waals surface area (Å²) in [7, 11) is 0. The lowest BCUT2D eigenvalue weighted by molar-refractivity contribution is -0.384. The van der Waals surface area contributed by atoms with Gasteiger partial charge in [0, 0.05) is 17.7 Å². The van der Waals surface area contributed by atoms with Crippen LogP contribution >= 0.6 is 11.8 Å². The highest BCUT2D eigenvalue weighted by Crippen LogP contribution is 2.23. The van der Waals surface area contributed by atoms with Crippen LogP contribution in [0.3, 0.4) is 0 Å². The summed E-state index contributed by atoms with van der Waals surface area (Å²) in [4.78, 5) is 39.0. The van der Waals surface area contributed by atoms with Gasteiger partial charge in [-0.25, -0.2) is 15.2 Å². The standard InChI is InChI=1S/C23H16N4O6S/c28-21(14-34-23-25-18-6-2-4-8-20(18)33-23)26-24-13-16-5-1-3-7-19(16)32-22(29)15-9-11-17(12-10-15)27(30)31/h1-13H,14H2,(H,26,28)/b24-13-. The van der Waals surface area contributed by atoms with E-state index in [0.29, 0.717) is 21.9 Å². The number of hydrazone groups is 1. The first-order valence-corrected chi connectivity index (χ1v) is 10.8. The number of hydrogen-bond donors (Lipinski definition) is 1. The highest BCUT2D eigenvalue weighted by Gasteiger charge is 2.13. The highest BCUT2D eigenvalue weighted by molar-refractivity contribution is 7.99. The van der Waals surface area contributed by atoms with Gasteiger partial charge in [0.15, 0.2) is 5.58 Å². The van der Waals surface area contributed by atoms with E-state index in [1.54, 1.807) is 30.3 Å². The summed E-state index contributed by atoms with van der Waals surface area (Å²) in [5.41, 5.74) is 4.23. The van der Waals surface area contributed by atoms with Gasteiger partial charge in [0.1, 0.15) is 11.3 Å². The van der Waals surface area contributed by atoms with E-state index in [1.807, 2.05) is 18.2 Å². The summed E-state index contributed by atoms with van der Waals surface area (Å²) in [6.45, 7) is 0. The third-order valence-electron chi connectivity index (χ3n) is 4.43. The number of benzene rings is 3. The molecular weight excluding hydrogens is 460 g/mol. The molecule has 0 aliphatic heterocycles. The molecule has 1 aromatic heterocycles. The topological polar surface area (TPSA) is 137 Å². The number of hydrogen-bond acceptors (Lipinski definition) is 9. The number of nitro benzene ring substituents is 1.